The molecular weight excluding hydrogens is 214 g/mol. The summed E-state index contributed by atoms with van der Waals surface area (Å²) in [6.45, 7) is 6.02. The Morgan fingerprint density at radius 3 is 2.76 bits per heavy atom. The van der Waals surface area contributed by atoms with E-state index < -0.39 is 0 Å². The lowest BCUT2D eigenvalue weighted by atomic mass is 10.3. The van der Waals surface area contributed by atoms with E-state index >= 15 is 0 Å². The maximum atomic E-state index is 4.62. The van der Waals surface area contributed by atoms with Gasteiger partial charge in [0.05, 0.1) is 5.52 Å². The van der Waals surface area contributed by atoms with Gasteiger partial charge in [-0.25, -0.2) is 9.97 Å². The molecule has 5 nitrogen and oxygen atoms in total. The molecule has 0 unspecified atom stereocenters. The second-order valence-electron chi connectivity index (χ2n) is 4.49. The molecule has 0 aromatic carbocycles. The summed E-state index contributed by atoms with van der Waals surface area (Å²) < 4.78 is 2.10. The van der Waals surface area contributed by atoms with Gasteiger partial charge in [-0.15, -0.1) is 0 Å². The van der Waals surface area contributed by atoms with Crippen LogP contribution in [-0.2, 0) is 7.05 Å². The van der Waals surface area contributed by atoms with Crippen molar-refractivity contribution in [3.05, 3.63) is 18.1 Å². The Bertz CT molecular complexity index is 539. The fourth-order valence-electron chi connectivity index (χ4n) is 2.38. The maximum absolute atomic E-state index is 4.62. The number of nitrogens with zero attached hydrogens (tertiary/aromatic N) is 4. The zero-order valence-corrected chi connectivity index (χ0v) is 10.3. The Balaban J connectivity index is 2.15. The second-order valence-corrected chi connectivity index (χ2v) is 4.49. The van der Waals surface area contributed by atoms with E-state index in [1.54, 1.807) is 0 Å². The Morgan fingerprint density at radius 1 is 1.24 bits per heavy atom. The number of aryl methyl sites for hydroxylation is 2. The van der Waals surface area contributed by atoms with Gasteiger partial charge < -0.3 is 14.8 Å². The average Bonchev–Trinajstić information content (AvgIpc) is 2.71. The van der Waals surface area contributed by atoms with Crippen LogP contribution >= 0.6 is 0 Å². The predicted octanol–water partition coefficient (Wildman–Crippen LogP) is 0.686. The number of anilines is 1. The van der Waals surface area contributed by atoms with Crippen LogP contribution < -0.4 is 10.2 Å². The molecule has 5 heteroatoms. The molecule has 3 rings (SSSR count). The Morgan fingerprint density at radius 2 is 2.00 bits per heavy atom. The highest BCUT2D eigenvalue weighted by molar-refractivity contribution is 5.87. The van der Waals surface area contributed by atoms with Gasteiger partial charge in [-0.05, 0) is 13.0 Å². The van der Waals surface area contributed by atoms with Crippen molar-refractivity contribution >= 4 is 16.9 Å². The highest BCUT2D eigenvalue weighted by Gasteiger charge is 2.17. The van der Waals surface area contributed by atoms with Gasteiger partial charge in [-0.1, -0.05) is 0 Å². The number of aromatic nitrogens is 3. The minimum Gasteiger partial charge on any atom is -0.352 e. The summed E-state index contributed by atoms with van der Waals surface area (Å²) in [6.07, 6.45) is 2.05. The molecule has 0 spiro atoms. The molecule has 1 fully saturated rings. The minimum absolute atomic E-state index is 0.845. The molecule has 0 atom stereocenters. The molecule has 2 aromatic rings. The summed E-state index contributed by atoms with van der Waals surface area (Å²) >= 11 is 0. The van der Waals surface area contributed by atoms with Crippen molar-refractivity contribution < 1.29 is 0 Å². The zero-order chi connectivity index (χ0) is 11.8. The van der Waals surface area contributed by atoms with E-state index in [0.717, 1.165) is 48.9 Å². The first kappa shape index (κ1) is 10.5. The van der Waals surface area contributed by atoms with Crippen LogP contribution in [0.15, 0.2) is 12.3 Å². The first-order chi connectivity index (χ1) is 8.25. The van der Waals surface area contributed by atoms with Crippen LogP contribution in [0.1, 0.15) is 5.82 Å². The van der Waals surface area contributed by atoms with Crippen molar-refractivity contribution in [1.82, 2.24) is 19.9 Å². The summed E-state index contributed by atoms with van der Waals surface area (Å²) in [5.74, 6) is 1.92. The molecule has 17 heavy (non-hydrogen) atoms. The van der Waals surface area contributed by atoms with Gasteiger partial charge >= 0.3 is 0 Å². The molecular formula is C12H17N5. The van der Waals surface area contributed by atoms with E-state index in [9.17, 15) is 0 Å². The summed E-state index contributed by atoms with van der Waals surface area (Å²) in [5.41, 5.74) is 2.17. The minimum atomic E-state index is 0.845. The van der Waals surface area contributed by atoms with E-state index in [1.165, 1.54) is 0 Å². The number of hydrogen-bond donors (Lipinski definition) is 1. The quantitative estimate of drug-likeness (QED) is 0.784. The monoisotopic (exact) mass is 231 g/mol. The predicted molar refractivity (Wildman–Crippen MR) is 68.3 cm³/mol. The highest BCUT2D eigenvalue weighted by Crippen LogP contribution is 2.24. The third kappa shape index (κ3) is 1.76. The van der Waals surface area contributed by atoms with Crippen LogP contribution in [-0.4, -0.2) is 40.7 Å². The Labute approximate surface area is 100 Å². The van der Waals surface area contributed by atoms with Crippen molar-refractivity contribution in [3.63, 3.8) is 0 Å². The van der Waals surface area contributed by atoms with Gasteiger partial charge in [0, 0.05) is 39.4 Å². The molecule has 3 heterocycles. The van der Waals surface area contributed by atoms with Gasteiger partial charge in [0.15, 0.2) is 5.82 Å². The molecule has 1 aliphatic rings. The molecule has 0 amide bonds. The lowest BCUT2D eigenvalue weighted by Crippen LogP contribution is -2.44. The highest BCUT2D eigenvalue weighted by atomic mass is 15.2. The van der Waals surface area contributed by atoms with Crippen LogP contribution in [0.5, 0.6) is 0 Å². The summed E-state index contributed by atoms with van der Waals surface area (Å²) in [6, 6.07) is 2.05. The normalized spacial score (nSPS) is 16.7. The molecule has 2 aromatic heterocycles. The average molecular weight is 231 g/mol. The lowest BCUT2D eigenvalue weighted by Gasteiger charge is -2.29. The van der Waals surface area contributed by atoms with Crippen LogP contribution in [0.25, 0.3) is 11.0 Å². The van der Waals surface area contributed by atoms with Gasteiger partial charge in [0.2, 0.25) is 0 Å². The molecule has 1 N–H and O–H groups in total. The molecule has 0 saturated carbocycles. The lowest BCUT2D eigenvalue weighted by molar-refractivity contribution is 0.585. The van der Waals surface area contributed by atoms with Crippen LogP contribution in [0, 0.1) is 6.92 Å². The SMILES string of the molecule is Cc1nc(N2CCNCC2)c2c(ccn2C)n1. The number of nitrogens with one attached hydrogen (secondary N) is 1. The largest absolute Gasteiger partial charge is 0.352 e. The van der Waals surface area contributed by atoms with E-state index in [-0.39, 0.29) is 0 Å². The summed E-state index contributed by atoms with van der Waals surface area (Å²) in [4.78, 5) is 11.4. The van der Waals surface area contributed by atoms with Gasteiger partial charge in [-0.2, -0.15) is 0 Å². The van der Waals surface area contributed by atoms with Crippen molar-refractivity contribution in [3.8, 4) is 0 Å². The number of hydrogen-bond acceptors (Lipinski definition) is 4. The number of piperazine rings is 1. The Kier molecular flexibility index (Phi) is 2.48. The van der Waals surface area contributed by atoms with Crippen molar-refractivity contribution in [2.45, 2.75) is 6.92 Å². The van der Waals surface area contributed by atoms with Crippen molar-refractivity contribution in [1.29, 1.82) is 0 Å². The first-order valence-electron chi connectivity index (χ1n) is 6.01. The molecule has 0 radical (unpaired) electrons. The Hall–Kier alpha value is -1.62. The third-order valence-electron chi connectivity index (χ3n) is 3.23. The fraction of sp³-hybridized carbons (Fsp3) is 0.500. The van der Waals surface area contributed by atoms with E-state index in [4.69, 9.17) is 0 Å². The maximum Gasteiger partial charge on any atom is 0.157 e. The van der Waals surface area contributed by atoms with Gasteiger partial charge in [-0.3, -0.25) is 0 Å². The van der Waals surface area contributed by atoms with Crippen molar-refractivity contribution in [2.75, 3.05) is 31.1 Å². The zero-order valence-electron chi connectivity index (χ0n) is 10.3. The molecule has 0 bridgehead atoms. The molecule has 0 aliphatic carbocycles. The van der Waals surface area contributed by atoms with Crippen molar-refractivity contribution in [2.24, 2.45) is 7.05 Å². The first-order valence-corrected chi connectivity index (χ1v) is 6.01. The number of rotatable bonds is 1. The van der Waals surface area contributed by atoms with E-state index in [2.05, 4.69) is 30.8 Å². The standard InChI is InChI=1S/C12H17N5/c1-9-14-10-3-6-16(2)11(10)12(15-9)17-7-4-13-5-8-17/h3,6,13H,4-5,7-8H2,1-2H3. The third-order valence-corrected chi connectivity index (χ3v) is 3.23. The summed E-state index contributed by atoms with van der Waals surface area (Å²) in [5, 5.41) is 3.36. The summed E-state index contributed by atoms with van der Waals surface area (Å²) in [7, 11) is 2.05. The van der Waals surface area contributed by atoms with Gasteiger partial charge in [0.1, 0.15) is 11.3 Å². The molecule has 1 saturated heterocycles. The molecule has 1 aliphatic heterocycles. The number of fused-ring (bicyclic) bond motifs is 1. The van der Waals surface area contributed by atoms with Crippen LogP contribution in [0.2, 0.25) is 0 Å². The second kappa shape index (κ2) is 4.00. The van der Waals surface area contributed by atoms with E-state index in [1.807, 2.05) is 20.2 Å². The topological polar surface area (TPSA) is 46.0 Å². The van der Waals surface area contributed by atoms with Gasteiger partial charge in [0.25, 0.3) is 0 Å². The van der Waals surface area contributed by atoms with E-state index in [0.29, 0.717) is 0 Å². The molecule has 90 valence electrons. The fourth-order valence-corrected chi connectivity index (χ4v) is 2.38. The smallest absolute Gasteiger partial charge is 0.157 e. The van der Waals surface area contributed by atoms with Crippen LogP contribution in [0.4, 0.5) is 5.82 Å². The van der Waals surface area contributed by atoms with Crippen LogP contribution in [0.3, 0.4) is 0 Å².